The van der Waals surface area contributed by atoms with Crippen molar-refractivity contribution in [2.75, 3.05) is 0 Å². The van der Waals surface area contributed by atoms with Crippen LogP contribution >= 0.6 is 0 Å². The van der Waals surface area contributed by atoms with Gasteiger partial charge in [0.1, 0.15) is 0 Å². The summed E-state index contributed by atoms with van der Waals surface area (Å²) in [7, 11) is 0. The van der Waals surface area contributed by atoms with Crippen molar-refractivity contribution in [3.63, 3.8) is 0 Å². The highest BCUT2D eigenvalue weighted by atomic mass is 14.7. The number of nitriles is 1. The Hall–Kier alpha value is -3.18. The largest absolute Gasteiger partial charge is 0.256 e. The number of pyridine rings is 1. The first-order chi connectivity index (χ1) is 12.3. The van der Waals surface area contributed by atoms with Gasteiger partial charge in [-0.15, -0.1) is 0 Å². The molecule has 0 N–H and O–H groups in total. The Balaban J connectivity index is 1.73. The molecular weight excluding hydrogens is 304 g/mol. The first-order valence-electron chi connectivity index (χ1n) is 8.56. The molecule has 1 atom stereocenters. The Bertz CT molecular complexity index is 1010. The predicted octanol–water partition coefficient (Wildman–Crippen LogP) is 5.12. The number of hydrogen-bond acceptors (Lipinski definition) is 2. The minimum absolute atomic E-state index is 0.156. The number of fused-ring (bicyclic) bond motifs is 5. The zero-order valence-corrected chi connectivity index (χ0v) is 13.7. The number of benzene rings is 2. The Morgan fingerprint density at radius 2 is 1.60 bits per heavy atom. The highest BCUT2D eigenvalue weighted by molar-refractivity contribution is 5.85. The van der Waals surface area contributed by atoms with E-state index in [1.807, 2.05) is 30.5 Å². The summed E-state index contributed by atoms with van der Waals surface area (Å²) < 4.78 is 0. The maximum Gasteiger partial charge on any atom is 0.0950 e. The Morgan fingerprint density at radius 1 is 0.840 bits per heavy atom. The van der Waals surface area contributed by atoms with Gasteiger partial charge in [-0.3, -0.25) is 4.98 Å². The quantitative estimate of drug-likeness (QED) is 0.624. The van der Waals surface area contributed by atoms with E-state index in [9.17, 15) is 5.26 Å². The maximum atomic E-state index is 9.81. The lowest BCUT2D eigenvalue weighted by atomic mass is 9.75. The van der Waals surface area contributed by atoms with Gasteiger partial charge in [0.15, 0.2) is 0 Å². The molecule has 2 nitrogen and oxygen atoms in total. The van der Waals surface area contributed by atoms with Crippen molar-refractivity contribution in [2.45, 2.75) is 18.3 Å². The maximum absolute atomic E-state index is 9.81. The van der Waals surface area contributed by atoms with Gasteiger partial charge in [0.25, 0.3) is 0 Å². The second-order valence-electron chi connectivity index (χ2n) is 6.82. The van der Waals surface area contributed by atoms with E-state index in [-0.39, 0.29) is 5.41 Å². The van der Waals surface area contributed by atoms with Gasteiger partial charge in [-0.25, -0.2) is 0 Å². The minimum Gasteiger partial charge on any atom is -0.256 e. The van der Waals surface area contributed by atoms with Crippen LogP contribution in [0.5, 0.6) is 0 Å². The van der Waals surface area contributed by atoms with Crippen molar-refractivity contribution in [3.05, 3.63) is 95.2 Å². The molecule has 1 aromatic heterocycles. The molecule has 1 spiro atoms. The van der Waals surface area contributed by atoms with Gasteiger partial charge in [-0.1, -0.05) is 60.7 Å². The van der Waals surface area contributed by atoms with Crippen molar-refractivity contribution in [1.29, 1.82) is 5.26 Å². The number of rotatable bonds is 1. The van der Waals surface area contributed by atoms with Gasteiger partial charge in [-0.05, 0) is 41.2 Å². The van der Waals surface area contributed by atoms with Crippen molar-refractivity contribution in [3.8, 4) is 17.3 Å². The van der Waals surface area contributed by atoms with E-state index < -0.39 is 0 Å². The number of aromatic nitrogens is 1. The fourth-order valence-electron chi connectivity index (χ4n) is 4.54. The van der Waals surface area contributed by atoms with Gasteiger partial charge in [0, 0.05) is 22.7 Å². The summed E-state index contributed by atoms with van der Waals surface area (Å²) in [5.41, 5.74) is 7.93. The van der Waals surface area contributed by atoms with E-state index in [4.69, 9.17) is 0 Å². The molecule has 1 heterocycles. The van der Waals surface area contributed by atoms with Crippen LogP contribution in [0.15, 0.2) is 78.5 Å². The van der Waals surface area contributed by atoms with Crippen molar-refractivity contribution in [2.24, 2.45) is 0 Å². The first-order valence-corrected chi connectivity index (χ1v) is 8.56. The van der Waals surface area contributed by atoms with Crippen LogP contribution < -0.4 is 0 Å². The molecule has 0 saturated carbocycles. The van der Waals surface area contributed by atoms with Gasteiger partial charge in [0.05, 0.1) is 11.8 Å². The molecule has 0 bridgehead atoms. The Labute approximate surface area is 147 Å². The van der Waals surface area contributed by atoms with E-state index in [1.54, 1.807) is 0 Å². The topological polar surface area (TPSA) is 36.7 Å². The summed E-state index contributed by atoms with van der Waals surface area (Å²) in [5.74, 6) is 0. The highest BCUT2D eigenvalue weighted by Gasteiger charge is 2.48. The summed E-state index contributed by atoms with van der Waals surface area (Å²) in [5, 5.41) is 9.81. The zero-order valence-electron chi connectivity index (χ0n) is 13.7. The molecule has 0 fully saturated rings. The standard InChI is InChI=1S/C23H16N2/c24-15-17-13-23(14-19(17)16-7-2-1-3-8-16)20-10-5-4-9-18(20)22-21(23)11-6-12-25-22/h1-12H,13-14H2. The summed E-state index contributed by atoms with van der Waals surface area (Å²) in [6.45, 7) is 0. The van der Waals surface area contributed by atoms with Gasteiger partial charge in [0.2, 0.25) is 0 Å². The van der Waals surface area contributed by atoms with Gasteiger partial charge >= 0.3 is 0 Å². The number of nitrogens with zero attached hydrogens (tertiary/aromatic N) is 2. The smallest absolute Gasteiger partial charge is 0.0950 e. The molecule has 5 rings (SSSR count). The Kier molecular flexibility index (Phi) is 2.93. The molecule has 0 saturated heterocycles. The second kappa shape index (κ2) is 5.16. The predicted molar refractivity (Wildman–Crippen MR) is 98.7 cm³/mol. The van der Waals surface area contributed by atoms with Gasteiger partial charge < -0.3 is 0 Å². The van der Waals surface area contributed by atoms with Gasteiger partial charge in [-0.2, -0.15) is 5.26 Å². The molecule has 0 aliphatic heterocycles. The van der Waals surface area contributed by atoms with Crippen molar-refractivity contribution in [1.82, 2.24) is 4.98 Å². The molecule has 2 aromatic carbocycles. The third-order valence-corrected chi connectivity index (χ3v) is 5.60. The van der Waals surface area contributed by atoms with E-state index in [0.717, 1.165) is 29.7 Å². The molecule has 2 heteroatoms. The lowest BCUT2D eigenvalue weighted by molar-refractivity contribution is 0.570. The fraction of sp³-hybridized carbons (Fsp3) is 0.130. The van der Waals surface area contributed by atoms with Crippen LogP contribution in [0.3, 0.4) is 0 Å². The third-order valence-electron chi connectivity index (χ3n) is 5.60. The van der Waals surface area contributed by atoms with E-state index >= 15 is 0 Å². The van der Waals surface area contributed by atoms with Crippen LogP contribution in [0.4, 0.5) is 0 Å². The normalized spacial score (nSPS) is 20.4. The highest BCUT2D eigenvalue weighted by Crippen LogP contribution is 2.58. The lowest BCUT2D eigenvalue weighted by Crippen LogP contribution is -2.22. The molecule has 25 heavy (non-hydrogen) atoms. The molecule has 0 radical (unpaired) electrons. The second-order valence-corrected chi connectivity index (χ2v) is 6.82. The van der Waals surface area contributed by atoms with Crippen molar-refractivity contribution < 1.29 is 0 Å². The molecule has 2 aliphatic rings. The molecule has 3 aromatic rings. The van der Waals surface area contributed by atoms with E-state index in [0.29, 0.717) is 0 Å². The van der Waals surface area contributed by atoms with Crippen LogP contribution in [0.25, 0.3) is 16.8 Å². The van der Waals surface area contributed by atoms with E-state index in [2.05, 4.69) is 53.5 Å². The fourth-order valence-corrected chi connectivity index (χ4v) is 4.54. The monoisotopic (exact) mass is 320 g/mol. The lowest BCUT2D eigenvalue weighted by Gasteiger charge is -2.27. The van der Waals surface area contributed by atoms with Crippen LogP contribution in [0.2, 0.25) is 0 Å². The average molecular weight is 320 g/mol. The minimum atomic E-state index is -0.156. The summed E-state index contributed by atoms with van der Waals surface area (Å²) in [6, 6.07) is 25.5. The molecule has 2 aliphatic carbocycles. The van der Waals surface area contributed by atoms with Crippen molar-refractivity contribution >= 4 is 5.57 Å². The van der Waals surface area contributed by atoms with Crippen LogP contribution in [0, 0.1) is 11.3 Å². The molecular formula is C23H16N2. The van der Waals surface area contributed by atoms with E-state index in [1.165, 1.54) is 22.3 Å². The SMILES string of the molecule is N#CC1=C(c2ccccc2)CC2(C1)c1ccccc1-c1ncccc12. The summed E-state index contributed by atoms with van der Waals surface area (Å²) in [4.78, 5) is 4.67. The molecule has 118 valence electrons. The molecule has 1 unspecified atom stereocenters. The summed E-state index contributed by atoms with van der Waals surface area (Å²) in [6.07, 6.45) is 3.47. The zero-order chi connectivity index (χ0) is 16.9. The first kappa shape index (κ1) is 14.2. The number of hydrogen-bond donors (Lipinski definition) is 0. The summed E-state index contributed by atoms with van der Waals surface area (Å²) >= 11 is 0. The van der Waals surface area contributed by atoms with Crippen LogP contribution in [-0.4, -0.2) is 4.98 Å². The molecule has 0 amide bonds. The van der Waals surface area contributed by atoms with Crippen LogP contribution in [0.1, 0.15) is 29.5 Å². The number of allylic oxidation sites excluding steroid dienone is 2. The van der Waals surface area contributed by atoms with Crippen LogP contribution in [-0.2, 0) is 5.41 Å². The third kappa shape index (κ3) is 1.87. The Morgan fingerprint density at radius 3 is 2.44 bits per heavy atom. The average Bonchev–Trinajstić information content (AvgIpc) is 3.21.